The normalized spacial score (nSPS) is 20.0. The maximum atomic E-state index is 6.03. The van der Waals surface area contributed by atoms with Crippen LogP contribution in [0.25, 0.3) is 0 Å². The standard InChI is InChI=1S/C18H16N2/c19-13-10-11-18-16(12-13)15-8-4-5-9-17(15)20(18)14-6-2-1-3-7-14/h1-11,16H,12,19H2. The summed E-state index contributed by atoms with van der Waals surface area (Å²) < 4.78 is 0. The van der Waals surface area contributed by atoms with Crippen molar-refractivity contribution in [1.82, 2.24) is 0 Å². The third kappa shape index (κ3) is 1.58. The van der Waals surface area contributed by atoms with E-state index >= 15 is 0 Å². The molecule has 0 aromatic heterocycles. The van der Waals surface area contributed by atoms with E-state index in [4.69, 9.17) is 5.73 Å². The number of hydrogen-bond acceptors (Lipinski definition) is 2. The zero-order chi connectivity index (χ0) is 13.5. The molecular weight excluding hydrogens is 244 g/mol. The van der Waals surface area contributed by atoms with Crippen molar-refractivity contribution in [2.45, 2.75) is 12.3 Å². The van der Waals surface area contributed by atoms with Gasteiger partial charge in [-0.05, 0) is 42.3 Å². The van der Waals surface area contributed by atoms with Crippen molar-refractivity contribution in [3.8, 4) is 0 Å². The first-order valence-corrected chi connectivity index (χ1v) is 6.95. The number of fused-ring (bicyclic) bond motifs is 3. The van der Waals surface area contributed by atoms with Gasteiger partial charge in [0.2, 0.25) is 0 Å². The Morgan fingerprint density at radius 2 is 1.65 bits per heavy atom. The molecular formula is C18H16N2. The zero-order valence-corrected chi connectivity index (χ0v) is 11.2. The van der Waals surface area contributed by atoms with Crippen LogP contribution < -0.4 is 10.6 Å². The van der Waals surface area contributed by atoms with Gasteiger partial charge in [-0.25, -0.2) is 0 Å². The van der Waals surface area contributed by atoms with E-state index in [0.29, 0.717) is 5.92 Å². The number of hydrogen-bond donors (Lipinski definition) is 1. The molecule has 0 fully saturated rings. The predicted octanol–water partition coefficient (Wildman–Crippen LogP) is 4.05. The van der Waals surface area contributed by atoms with Crippen LogP contribution in [0.2, 0.25) is 0 Å². The van der Waals surface area contributed by atoms with Gasteiger partial charge in [-0.1, -0.05) is 36.4 Å². The zero-order valence-electron chi connectivity index (χ0n) is 11.2. The molecule has 2 aromatic carbocycles. The number of para-hydroxylation sites is 2. The maximum Gasteiger partial charge on any atom is 0.0497 e. The lowest BCUT2D eigenvalue weighted by Crippen LogP contribution is -2.17. The Bertz CT molecular complexity index is 713. The Morgan fingerprint density at radius 3 is 2.50 bits per heavy atom. The third-order valence-electron chi connectivity index (χ3n) is 4.09. The molecule has 1 atom stereocenters. The number of nitrogens with two attached hydrogens (primary N) is 1. The summed E-state index contributed by atoms with van der Waals surface area (Å²) >= 11 is 0. The molecule has 98 valence electrons. The molecule has 0 spiro atoms. The van der Waals surface area contributed by atoms with Gasteiger partial charge >= 0.3 is 0 Å². The van der Waals surface area contributed by atoms with E-state index < -0.39 is 0 Å². The average Bonchev–Trinajstić information content (AvgIpc) is 2.82. The molecule has 1 aliphatic heterocycles. The van der Waals surface area contributed by atoms with Crippen LogP contribution in [0.1, 0.15) is 17.9 Å². The highest BCUT2D eigenvalue weighted by atomic mass is 15.2. The molecule has 1 unspecified atom stereocenters. The highest BCUT2D eigenvalue weighted by molar-refractivity contribution is 5.78. The van der Waals surface area contributed by atoms with Gasteiger partial charge in [0.1, 0.15) is 0 Å². The summed E-state index contributed by atoms with van der Waals surface area (Å²) in [7, 11) is 0. The Balaban J connectivity index is 1.93. The van der Waals surface area contributed by atoms with Gasteiger partial charge in [0.25, 0.3) is 0 Å². The van der Waals surface area contributed by atoms with Crippen LogP contribution in [-0.2, 0) is 0 Å². The van der Waals surface area contributed by atoms with Crippen molar-refractivity contribution >= 4 is 11.4 Å². The summed E-state index contributed by atoms with van der Waals surface area (Å²) in [4.78, 5) is 2.35. The third-order valence-corrected chi connectivity index (χ3v) is 4.09. The molecule has 0 saturated heterocycles. The summed E-state index contributed by atoms with van der Waals surface area (Å²) in [5.74, 6) is 0.386. The SMILES string of the molecule is NC1=CC=C2C(C1)c1ccccc1N2c1ccccc1. The number of allylic oxidation sites excluding steroid dienone is 4. The minimum absolute atomic E-state index is 0.386. The largest absolute Gasteiger partial charge is 0.402 e. The van der Waals surface area contributed by atoms with Crippen LogP contribution in [0.3, 0.4) is 0 Å². The van der Waals surface area contributed by atoms with Gasteiger partial charge in [-0.2, -0.15) is 0 Å². The first-order valence-electron chi connectivity index (χ1n) is 6.95. The van der Waals surface area contributed by atoms with Crippen molar-refractivity contribution in [1.29, 1.82) is 0 Å². The van der Waals surface area contributed by atoms with Crippen molar-refractivity contribution < 1.29 is 0 Å². The Labute approximate surface area is 118 Å². The fourth-order valence-corrected chi connectivity index (χ4v) is 3.21. The molecule has 4 rings (SSSR count). The van der Waals surface area contributed by atoms with Gasteiger partial charge in [0.05, 0.1) is 0 Å². The second-order valence-electron chi connectivity index (χ2n) is 5.32. The molecule has 0 bridgehead atoms. The van der Waals surface area contributed by atoms with E-state index in [1.54, 1.807) is 0 Å². The topological polar surface area (TPSA) is 29.3 Å². The van der Waals surface area contributed by atoms with Gasteiger partial charge in [0, 0.05) is 28.7 Å². The molecule has 0 saturated carbocycles. The minimum Gasteiger partial charge on any atom is -0.402 e. The minimum atomic E-state index is 0.386. The Morgan fingerprint density at radius 1 is 0.900 bits per heavy atom. The smallest absolute Gasteiger partial charge is 0.0497 e. The van der Waals surface area contributed by atoms with Gasteiger partial charge in [0.15, 0.2) is 0 Å². The molecule has 2 aliphatic rings. The van der Waals surface area contributed by atoms with E-state index in [1.165, 1.54) is 22.6 Å². The van der Waals surface area contributed by atoms with E-state index in [1.807, 2.05) is 6.08 Å². The lowest BCUT2D eigenvalue weighted by atomic mass is 9.90. The van der Waals surface area contributed by atoms with Gasteiger partial charge < -0.3 is 10.6 Å². The molecule has 1 aliphatic carbocycles. The van der Waals surface area contributed by atoms with Gasteiger partial charge in [-0.3, -0.25) is 0 Å². The van der Waals surface area contributed by atoms with Crippen molar-refractivity contribution in [2.24, 2.45) is 5.73 Å². The van der Waals surface area contributed by atoms with Gasteiger partial charge in [-0.15, -0.1) is 0 Å². The van der Waals surface area contributed by atoms with Crippen molar-refractivity contribution in [3.05, 3.63) is 83.7 Å². The van der Waals surface area contributed by atoms with E-state index in [9.17, 15) is 0 Å². The summed E-state index contributed by atoms with van der Waals surface area (Å²) in [5.41, 5.74) is 12.2. The summed E-state index contributed by atoms with van der Waals surface area (Å²) in [5, 5.41) is 0. The first kappa shape index (κ1) is 11.4. The number of benzene rings is 2. The number of rotatable bonds is 1. The highest BCUT2D eigenvalue weighted by Crippen LogP contribution is 2.50. The maximum absolute atomic E-state index is 6.03. The van der Waals surface area contributed by atoms with Crippen LogP contribution in [0.5, 0.6) is 0 Å². The molecule has 2 nitrogen and oxygen atoms in total. The molecule has 20 heavy (non-hydrogen) atoms. The molecule has 2 N–H and O–H groups in total. The molecule has 0 amide bonds. The number of anilines is 2. The summed E-state index contributed by atoms with van der Waals surface area (Å²) in [6.45, 7) is 0. The quantitative estimate of drug-likeness (QED) is 0.838. The molecule has 1 heterocycles. The van der Waals surface area contributed by atoms with Crippen LogP contribution in [0, 0.1) is 0 Å². The summed E-state index contributed by atoms with van der Waals surface area (Å²) in [6.07, 6.45) is 5.11. The lowest BCUT2D eigenvalue weighted by molar-refractivity contribution is 0.776. The van der Waals surface area contributed by atoms with E-state index in [0.717, 1.165) is 12.1 Å². The Kier molecular flexibility index (Phi) is 2.43. The Hall–Kier alpha value is -2.48. The monoisotopic (exact) mass is 260 g/mol. The van der Waals surface area contributed by atoms with Crippen LogP contribution in [0.4, 0.5) is 11.4 Å². The van der Waals surface area contributed by atoms with E-state index in [-0.39, 0.29) is 0 Å². The second kappa shape index (κ2) is 4.27. The van der Waals surface area contributed by atoms with E-state index in [2.05, 4.69) is 65.6 Å². The fourth-order valence-electron chi connectivity index (χ4n) is 3.21. The summed E-state index contributed by atoms with van der Waals surface area (Å²) in [6, 6.07) is 19.1. The van der Waals surface area contributed by atoms with Crippen LogP contribution in [0.15, 0.2) is 78.1 Å². The van der Waals surface area contributed by atoms with Crippen molar-refractivity contribution in [2.75, 3.05) is 4.90 Å². The second-order valence-corrected chi connectivity index (χ2v) is 5.32. The lowest BCUT2D eigenvalue weighted by Gasteiger charge is -2.25. The fraction of sp³-hybridized carbons (Fsp3) is 0.111. The van der Waals surface area contributed by atoms with Crippen LogP contribution in [-0.4, -0.2) is 0 Å². The number of nitrogens with zero attached hydrogens (tertiary/aromatic N) is 1. The molecule has 0 radical (unpaired) electrons. The average molecular weight is 260 g/mol. The van der Waals surface area contributed by atoms with Crippen molar-refractivity contribution in [3.63, 3.8) is 0 Å². The predicted molar refractivity (Wildman–Crippen MR) is 82.7 cm³/mol. The molecule has 2 heteroatoms. The van der Waals surface area contributed by atoms with Crippen LogP contribution >= 0.6 is 0 Å². The first-order chi connectivity index (χ1) is 9.84. The molecule has 2 aromatic rings. The highest BCUT2D eigenvalue weighted by Gasteiger charge is 2.35.